The summed E-state index contributed by atoms with van der Waals surface area (Å²) in [4.78, 5) is 20.8. The van der Waals surface area contributed by atoms with Gasteiger partial charge < -0.3 is 4.98 Å². The number of benzene rings is 2. The molecule has 0 aliphatic carbocycles. The summed E-state index contributed by atoms with van der Waals surface area (Å²) in [6, 6.07) is 14.3. The summed E-state index contributed by atoms with van der Waals surface area (Å²) in [5, 5.41) is 8.25. The van der Waals surface area contributed by atoms with Crippen LogP contribution in [0.1, 0.15) is 0 Å². The SMILES string of the molecule is Fc1ccc(-c2cccc3[nH]c(-c4n[nH]c5ncc(-c6cncnc6)cc45)nc23)cc1. The number of imidazole rings is 1. The molecule has 2 N–H and O–H groups in total. The summed E-state index contributed by atoms with van der Waals surface area (Å²) in [6.07, 6.45) is 6.73. The molecule has 6 rings (SSSR count). The van der Waals surface area contributed by atoms with E-state index in [0.717, 1.165) is 38.7 Å². The van der Waals surface area contributed by atoms with E-state index in [9.17, 15) is 4.39 Å². The molecular weight excluding hydrogens is 393 g/mol. The standard InChI is InChI=1S/C23H14FN7/c24-16-6-4-13(5-7-16)17-2-1-3-19-20(17)29-23(28-19)21-18-8-14(11-27-22(18)31-30-21)15-9-25-12-26-10-15/h1-12H,(H,28,29)(H,27,30,31). The number of para-hydroxylation sites is 1. The summed E-state index contributed by atoms with van der Waals surface area (Å²) in [5.74, 6) is 0.354. The highest BCUT2D eigenvalue weighted by Crippen LogP contribution is 2.32. The molecule has 8 heteroatoms. The Balaban J connectivity index is 1.51. The third-order valence-electron chi connectivity index (χ3n) is 5.20. The van der Waals surface area contributed by atoms with Crippen LogP contribution in [0.2, 0.25) is 0 Å². The van der Waals surface area contributed by atoms with Crippen molar-refractivity contribution in [3.8, 4) is 33.8 Å². The number of nitrogens with one attached hydrogen (secondary N) is 2. The zero-order valence-corrected chi connectivity index (χ0v) is 16.0. The molecule has 0 aliphatic heterocycles. The Labute approximate surface area is 175 Å². The average Bonchev–Trinajstić information content (AvgIpc) is 3.43. The van der Waals surface area contributed by atoms with Crippen LogP contribution in [0, 0.1) is 5.82 Å². The molecule has 0 spiro atoms. The van der Waals surface area contributed by atoms with Crippen molar-refractivity contribution in [3.05, 3.63) is 79.3 Å². The van der Waals surface area contributed by atoms with E-state index in [1.807, 2.05) is 24.3 Å². The van der Waals surface area contributed by atoms with E-state index >= 15 is 0 Å². The fraction of sp³-hybridized carbons (Fsp3) is 0. The molecule has 2 aromatic carbocycles. The Bertz CT molecular complexity index is 1540. The summed E-state index contributed by atoms with van der Waals surface area (Å²) in [5.41, 5.74) is 6.56. The van der Waals surface area contributed by atoms with E-state index < -0.39 is 0 Å². The maximum atomic E-state index is 13.4. The van der Waals surface area contributed by atoms with Crippen LogP contribution >= 0.6 is 0 Å². The number of halogens is 1. The molecule has 6 aromatic rings. The summed E-state index contributed by atoms with van der Waals surface area (Å²) in [7, 11) is 0. The smallest absolute Gasteiger partial charge is 0.159 e. The fourth-order valence-corrected chi connectivity index (χ4v) is 3.70. The lowest BCUT2D eigenvalue weighted by Crippen LogP contribution is -1.86. The van der Waals surface area contributed by atoms with E-state index in [1.54, 1.807) is 30.7 Å². The van der Waals surface area contributed by atoms with Crippen LogP contribution < -0.4 is 0 Å². The molecule has 4 aromatic heterocycles. The molecule has 0 fully saturated rings. The molecule has 7 nitrogen and oxygen atoms in total. The number of H-pyrrole nitrogens is 2. The lowest BCUT2D eigenvalue weighted by atomic mass is 10.0. The van der Waals surface area contributed by atoms with Gasteiger partial charge in [0.15, 0.2) is 11.5 Å². The van der Waals surface area contributed by atoms with Gasteiger partial charge in [-0.25, -0.2) is 24.3 Å². The Morgan fingerprint density at radius 1 is 0.839 bits per heavy atom. The van der Waals surface area contributed by atoms with Gasteiger partial charge in [0.05, 0.1) is 16.4 Å². The van der Waals surface area contributed by atoms with Crippen molar-refractivity contribution < 1.29 is 4.39 Å². The van der Waals surface area contributed by atoms with Gasteiger partial charge in [-0.1, -0.05) is 24.3 Å². The third kappa shape index (κ3) is 2.93. The maximum absolute atomic E-state index is 13.4. The second-order valence-electron chi connectivity index (χ2n) is 7.11. The molecule has 31 heavy (non-hydrogen) atoms. The molecule has 0 saturated heterocycles. The predicted molar refractivity (Wildman–Crippen MR) is 115 cm³/mol. The van der Waals surface area contributed by atoms with Crippen LogP contribution in [0.4, 0.5) is 4.39 Å². The summed E-state index contributed by atoms with van der Waals surface area (Å²) < 4.78 is 13.4. The Morgan fingerprint density at radius 2 is 1.68 bits per heavy atom. The van der Waals surface area contributed by atoms with Crippen molar-refractivity contribution in [2.45, 2.75) is 0 Å². The van der Waals surface area contributed by atoms with Crippen LogP contribution in [0.5, 0.6) is 0 Å². The van der Waals surface area contributed by atoms with Crippen LogP contribution in [-0.2, 0) is 0 Å². The van der Waals surface area contributed by atoms with Gasteiger partial charge in [0.1, 0.15) is 17.8 Å². The highest BCUT2D eigenvalue weighted by molar-refractivity contribution is 5.97. The van der Waals surface area contributed by atoms with E-state index in [2.05, 4.69) is 30.1 Å². The molecule has 0 radical (unpaired) electrons. The first-order chi connectivity index (χ1) is 15.3. The quantitative estimate of drug-likeness (QED) is 0.441. The first-order valence-electron chi connectivity index (χ1n) is 9.61. The monoisotopic (exact) mass is 407 g/mol. The molecule has 0 unspecified atom stereocenters. The minimum absolute atomic E-state index is 0.270. The first kappa shape index (κ1) is 17.4. The summed E-state index contributed by atoms with van der Waals surface area (Å²) in [6.45, 7) is 0. The number of aromatic amines is 2. The van der Waals surface area contributed by atoms with Crippen molar-refractivity contribution in [1.82, 2.24) is 35.1 Å². The number of rotatable bonds is 3. The number of nitrogens with zero attached hydrogens (tertiary/aromatic N) is 5. The third-order valence-corrected chi connectivity index (χ3v) is 5.20. The largest absolute Gasteiger partial charge is 0.337 e. The van der Waals surface area contributed by atoms with Crippen molar-refractivity contribution in [2.24, 2.45) is 0 Å². The predicted octanol–water partition coefficient (Wildman–Crippen LogP) is 4.76. The van der Waals surface area contributed by atoms with Crippen molar-refractivity contribution in [2.75, 3.05) is 0 Å². The molecule has 0 bridgehead atoms. The number of hydrogen-bond donors (Lipinski definition) is 2. The van der Waals surface area contributed by atoms with Gasteiger partial charge in [0.2, 0.25) is 0 Å². The molecular formula is C23H14FN7. The molecule has 0 saturated carbocycles. The highest BCUT2D eigenvalue weighted by atomic mass is 19.1. The van der Waals surface area contributed by atoms with E-state index in [-0.39, 0.29) is 5.82 Å². The minimum Gasteiger partial charge on any atom is -0.337 e. The van der Waals surface area contributed by atoms with E-state index in [4.69, 9.17) is 4.98 Å². The van der Waals surface area contributed by atoms with Gasteiger partial charge >= 0.3 is 0 Å². The van der Waals surface area contributed by atoms with Crippen molar-refractivity contribution >= 4 is 22.1 Å². The van der Waals surface area contributed by atoms with Gasteiger partial charge in [0, 0.05) is 35.3 Å². The second-order valence-corrected chi connectivity index (χ2v) is 7.11. The highest BCUT2D eigenvalue weighted by Gasteiger charge is 2.16. The Hall–Kier alpha value is -4.46. The zero-order valence-electron chi connectivity index (χ0n) is 16.0. The topological polar surface area (TPSA) is 96.0 Å². The van der Waals surface area contributed by atoms with Gasteiger partial charge in [-0.3, -0.25) is 5.10 Å². The Kier molecular flexibility index (Phi) is 3.82. The fourth-order valence-electron chi connectivity index (χ4n) is 3.70. The number of aromatic nitrogens is 7. The molecule has 148 valence electrons. The molecule has 4 heterocycles. The lowest BCUT2D eigenvalue weighted by Gasteiger charge is -2.02. The van der Waals surface area contributed by atoms with Crippen LogP contribution in [-0.4, -0.2) is 35.1 Å². The van der Waals surface area contributed by atoms with Gasteiger partial charge in [-0.05, 0) is 29.8 Å². The van der Waals surface area contributed by atoms with E-state index in [1.165, 1.54) is 18.5 Å². The number of fused-ring (bicyclic) bond motifs is 2. The van der Waals surface area contributed by atoms with Gasteiger partial charge in [0.25, 0.3) is 0 Å². The van der Waals surface area contributed by atoms with Crippen LogP contribution in [0.15, 0.2) is 73.4 Å². The molecule has 0 atom stereocenters. The molecule has 0 aliphatic rings. The zero-order chi connectivity index (χ0) is 20.8. The minimum atomic E-state index is -0.270. The molecule has 0 amide bonds. The van der Waals surface area contributed by atoms with Crippen molar-refractivity contribution in [1.29, 1.82) is 0 Å². The number of pyridine rings is 1. The lowest BCUT2D eigenvalue weighted by molar-refractivity contribution is 0.628. The van der Waals surface area contributed by atoms with Gasteiger partial charge in [-0.15, -0.1) is 0 Å². The summed E-state index contributed by atoms with van der Waals surface area (Å²) >= 11 is 0. The number of hydrogen-bond acceptors (Lipinski definition) is 5. The first-order valence-corrected chi connectivity index (χ1v) is 9.61. The maximum Gasteiger partial charge on any atom is 0.159 e. The normalized spacial score (nSPS) is 11.4. The van der Waals surface area contributed by atoms with Crippen molar-refractivity contribution in [3.63, 3.8) is 0 Å². The van der Waals surface area contributed by atoms with E-state index in [0.29, 0.717) is 17.2 Å². The Morgan fingerprint density at radius 3 is 2.52 bits per heavy atom. The van der Waals surface area contributed by atoms with Crippen LogP contribution in [0.3, 0.4) is 0 Å². The average molecular weight is 407 g/mol. The second kappa shape index (κ2) is 6.81. The van der Waals surface area contributed by atoms with Crippen LogP contribution in [0.25, 0.3) is 55.8 Å². The van der Waals surface area contributed by atoms with Gasteiger partial charge in [-0.2, -0.15) is 5.10 Å².